The third-order valence-electron chi connectivity index (χ3n) is 3.60. The number of aliphatic carboxylic acids is 1. The van der Waals surface area contributed by atoms with Crippen LogP contribution in [-0.2, 0) is 10.2 Å². The maximum Gasteiger partial charge on any atom is 0.392 e. The second kappa shape index (κ2) is 5.82. The van der Waals surface area contributed by atoms with Crippen LogP contribution in [-0.4, -0.2) is 17.3 Å². The second-order valence-electron chi connectivity index (χ2n) is 4.52. The molecule has 0 saturated heterocycles. The summed E-state index contributed by atoms with van der Waals surface area (Å²) < 4.78 is 39.1. The van der Waals surface area contributed by atoms with Gasteiger partial charge in [0.1, 0.15) is 5.41 Å². The molecule has 1 aromatic rings. The topological polar surface area (TPSA) is 37.3 Å². The molecule has 0 aliphatic heterocycles. The Kier molecular flexibility index (Phi) is 4.98. The van der Waals surface area contributed by atoms with Crippen molar-refractivity contribution in [2.75, 3.05) is 0 Å². The smallest absolute Gasteiger partial charge is 0.392 e. The molecule has 1 rings (SSSR count). The van der Waals surface area contributed by atoms with Crippen molar-refractivity contribution in [3.8, 4) is 0 Å². The Balaban J connectivity index is 3.53. The summed E-state index contributed by atoms with van der Waals surface area (Å²) in [4.78, 5) is 11.6. The Morgan fingerprint density at radius 3 is 2.20 bits per heavy atom. The molecule has 0 aliphatic carbocycles. The van der Waals surface area contributed by atoms with Gasteiger partial charge in [0.15, 0.2) is 0 Å². The zero-order valence-corrected chi connectivity index (χ0v) is 12.3. The van der Waals surface area contributed by atoms with Crippen LogP contribution in [0.4, 0.5) is 13.2 Å². The first-order valence-electron chi connectivity index (χ1n) is 5.83. The zero-order valence-electron chi connectivity index (χ0n) is 10.8. The number of benzene rings is 1. The first kappa shape index (κ1) is 17.1. The van der Waals surface area contributed by atoms with E-state index in [0.29, 0.717) is 0 Å². The molecule has 2 atom stereocenters. The Morgan fingerprint density at radius 2 is 1.85 bits per heavy atom. The lowest BCUT2D eigenvalue weighted by molar-refractivity contribution is -0.198. The lowest BCUT2D eigenvalue weighted by Gasteiger charge is -2.36. The molecule has 1 unspecified atom stereocenters. The van der Waals surface area contributed by atoms with E-state index >= 15 is 0 Å². The number of alkyl halides is 3. The SMILES string of the molecule is CCC(C(=O)O)(c1ccc(Cl)c(Cl)c1)[C@@H](C)C(F)(F)F. The van der Waals surface area contributed by atoms with Gasteiger partial charge in [0.25, 0.3) is 0 Å². The monoisotopic (exact) mass is 328 g/mol. The molecule has 0 radical (unpaired) electrons. The summed E-state index contributed by atoms with van der Waals surface area (Å²) in [5.74, 6) is -3.60. The Bertz CT molecular complexity index is 517. The molecule has 2 nitrogen and oxygen atoms in total. The van der Waals surface area contributed by atoms with Gasteiger partial charge in [-0.1, -0.05) is 43.1 Å². The first-order valence-corrected chi connectivity index (χ1v) is 6.58. The molecule has 0 spiro atoms. The van der Waals surface area contributed by atoms with E-state index in [1.807, 2.05) is 0 Å². The van der Waals surface area contributed by atoms with Crippen molar-refractivity contribution in [2.24, 2.45) is 5.92 Å². The molecule has 1 N–H and O–H groups in total. The second-order valence-corrected chi connectivity index (χ2v) is 5.34. The van der Waals surface area contributed by atoms with Crippen molar-refractivity contribution in [1.29, 1.82) is 0 Å². The summed E-state index contributed by atoms with van der Waals surface area (Å²) in [6, 6.07) is 3.76. The van der Waals surface area contributed by atoms with Gasteiger partial charge < -0.3 is 5.11 Å². The van der Waals surface area contributed by atoms with Crippen molar-refractivity contribution in [3.63, 3.8) is 0 Å². The summed E-state index contributed by atoms with van der Waals surface area (Å²) in [5, 5.41) is 9.58. The largest absolute Gasteiger partial charge is 0.481 e. The lowest BCUT2D eigenvalue weighted by Crippen LogP contribution is -2.47. The summed E-state index contributed by atoms with van der Waals surface area (Å²) in [6.07, 6.45) is -4.86. The van der Waals surface area contributed by atoms with Crippen LogP contribution >= 0.6 is 23.2 Å². The minimum absolute atomic E-state index is 0.00766. The maximum atomic E-state index is 13.0. The van der Waals surface area contributed by atoms with Crippen LogP contribution in [0.3, 0.4) is 0 Å². The van der Waals surface area contributed by atoms with Crippen molar-refractivity contribution in [2.45, 2.75) is 31.9 Å². The lowest BCUT2D eigenvalue weighted by atomic mass is 9.68. The number of rotatable bonds is 4. The highest BCUT2D eigenvalue weighted by Crippen LogP contribution is 2.45. The van der Waals surface area contributed by atoms with E-state index in [1.54, 1.807) is 0 Å². The van der Waals surface area contributed by atoms with E-state index < -0.39 is 23.5 Å². The van der Waals surface area contributed by atoms with Crippen molar-refractivity contribution >= 4 is 29.2 Å². The van der Waals surface area contributed by atoms with E-state index in [0.717, 1.165) is 6.92 Å². The highest BCUT2D eigenvalue weighted by Gasteiger charge is 2.55. The summed E-state index contributed by atoms with van der Waals surface area (Å²) in [7, 11) is 0. The molecule has 0 saturated carbocycles. The molecule has 0 amide bonds. The zero-order chi connectivity index (χ0) is 15.7. The van der Waals surface area contributed by atoms with Gasteiger partial charge in [-0.25, -0.2) is 0 Å². The van der Waals surface area contributed by atoms with Gasteiger partial charge in [0.05, 0.1) is 16.0 Å². The van der Waals surface area contributed by atoms with Gasteiger partial charge in [-0.05, 0) is 24.1 Å². The highest BCUT2D eigenvalue weighted by molar-refractivity contribution is 6.42. The number of halogens is 5. The molecule has 0 aliphatic rings. The van der Waals surface area contributed by atoms with Crippen LogP contribution < -0.4 is 0 Å². The molecular formula is C13H13Cl2F3O2. The van der Waals surface area contributed by atoms with Gasteiger partial charge >= 0.3 is 12.1 Å². The minimum Gasteiger partial charge on any atom is -0.481 e. The fourth-order valence-electron chi connectivity index (χ4n) is 2.27. The molecule has 0 bridgehead atoms. The number of hydrogen-bond donors (Lipinski definition) is 1. The van der Waals surface area contributed by atoms with Crippen molar-refractivity contribution < 1.29 is 23.1 Å². The molecule has 0 heterocycles. The summed E-state index contributed by atoms with van der Waals surface area (Å²) in [6.45, 7) is 2.26. The molecule has 20 heavy (non-hydrogen) atoms. The maximum absolute atomic E-state index is 13.0. The fourth-order valence-corrected chi connectivity index (χ4v) is 2.57. The standard InChI is InChI=1S/C13H13Cl2F3O2/c1-3-12(11(19)20,7(2)13(16,17)18)8-4-5-9(14)10(15)6-8/h4-7H,3H2,1-2H3,(H,19,20)/t7-,12?/m1/s1. The van der Waals surface area contributed by atoms with E-state index in [9.17, 15) is 23.1 Å². The van der Waals surface area contributed by atoms with E-state index in [-0.39, 0.29) is 22.0 Å². The molecule has 0 fully saturated rings. The fraction of sp³-hybridized carbons (Fsp3) is 0.462. The molecular weight excluding hydrogens is 316 g/mol. The van der Waals surface area contributed by atoms with E-state index in [2.05, 4.69) is 0 Å². The van der Waals surface area contributed by atoms with Crippen LogP contribution in [0.2, 0.25) is 10.0 Å². The average Bonchev–Trinajstić information content (AvgIpc) is 2.33. The number of carboxylic acid groups (broad SMARTS) is 1. The average molecular weight is 329 g/mol. The van der Waals surface area contributed by atoms with Crippen LogP contribution in [0.15, 0.2) is 18.2 Å². The third kappa shape index (κ3) is 2.88. The molecule has 112 valence electrons. The van der Waals surface area contributed by atoms with Gasteiger partial charge in [-0.2, -0.15) is 13.2 Å². The van der Waals surface area contributed by atoms with Gasteiger partial charge in [-0.15, -0.1) is 0 Å². The van der Waals surface area contributed by atoms with Crippen LogP contribution in [0.25, 0.3) is 0 Å². The van der Waals surface area contributed by atoms with Crippen LogP contribution in [0, 0.1) is 5.92 Å². The molecule has 7 heteroatoms. The number of carboxylic acids is 1. The normalized spacial score (nSPS) is 16.6. The predicted octanol–water partition coefficient (Wildman–Crippen LogP) is 4.92. The van der Waals surface area contributed by atoms with Crippen molar-refractivity contribution in [3.05, 3.63) is 33.8 Å². The molecule has 1 aromatic carbocycles. The quantitative estimate of drug-likeness (QED) is 0.851. The van der Waals surface area contributed by atoms with Gasteiger partial charge in [0.2, 0.25) is 0 Å². The van der Waals surface area contributed by atoms with Gasteiger partial charge in [0, 0.05) is 0 Å². The van der Waals surface area contributed by atoms with Crippen molar-refractivity contribution in [1.82, 2.24) is 0 Å². The molecule has 0 aromatic heterocycles. The Labute approximate surface area is 124 Å². The summed E-state index contributed by atoms with van der Waals surface area (Å²) >= 11 is 11.5. The number of hydrogen-bond acceptors (Lipinski definition) is 1. The number of carbonyl (C=O) groups is 1. The predicted molar refractivity (Wildman–Crippen MR) is 71.3 cm³/mol. The van der Waals surface area contributed by atoms with Crippen LogP contribution in [0.5, 0.6) is 0 Å². The summed E-state index contributed by atoms with van der Waals surface area (Å²) in [5.41, 5.74) is -2.10. The minimum atomic E-state index is -4.64. The van der Waals surface area contributed by atoms with Crippen LogP contribution in [0.1, 0.15) is 25.8 Å². The third-order valence-corrected chi connectivity index (χ3v) is 4.34. The van der Waals surface area contributed by atoms with E-state index in [4.69, 9.17) is 23.2 Å². The Morgan fingerprint density at radius 1 is 1.30 bits per heavy atom. The van der Waals surface area contributed by atoms with Gasteiger partial charge in [-0.3, -0.25) is 4.79 Å². The van der Waals surface area contributed by atoms with E-state index in [1.165, 1.54) is 25.1 Å². The Hall–Kier alpha value is -0.940. The first-order chi connectivity index (χ1) is 9.07. The highest BCUT2D eigenvalue weighted by atomic mass is 35.5.